The molecule has 2 N–H and O–H groups in total. The van der Waals surface area contributed by atoms with Gasteiger partial charge in [-0.25, -0.2) is 0 Å². The summed E-state index contributed by atoms with van der Waals surface area (Å²) in [6.07, 6.45) is -4.35. The molecule has 1 atom stereocenters. The van der Waals surface area contributed by atoms with Crippen molar-refractivity contribution in [1.29, 1.82) is 0 Å². The van der Waals surface area contributed by atoms with Crippen LogP contribution in [0, 0.1) is 0 Å². The van der Waals surface area contributed by atoms with Gasteiger partial charge in [-0.3, -0.25) is 0 Å². The van der Waals surface area contributed by atoms with Crippen molar-refractivity contribution in [2.24, 2.45) is 5.73 Å². The minimum atomic E-state index is -4.35. The smallest absolute Gasteiger partial charge is 0.402 e. The number of hydrogen-bond acceptors (Lipinski definition) is 3. The Hall–Kier alpha value is -1.05. The maximum absolute atomic E-state index is 12.5. The van der Waals surface area contributed by atoms with Gasteiger partial charge in [0.05, 0.1) is 22.7 Å². The molecule has 1 aliphatic rings. The first kappa shape index (κ1) is 16.3. The van der Waals surface area contributed by atoms with Crippen LogP contribution in [0.4, 0.5) is 13.2 Å². The van der Waals surface area contributed by atoms with Crippen molar-refractivity contribution in [2.75, 3.05) is 0 Å². The Morgan fingerprint density at radius 2 is 1.43 bits per heavy atom. The molecular formula is C14H19BF3NO2. The van der Waals surface area contributed by atoms with E-state index in [-0.39, 0.29) is 0 Å². The average molecular weight is 301 g/mol. The van der Waals surface area contributed by atoms with Gasteiger partial charge in [-0.2, -0.15) is 13.2 Å². The number of halogens is 3. The van der Waals surface area contributed by atoms with Crippen LogP contribution in [0.2, 0.25) is 0 Å². The maximum atomic E-state index is 12.5. The van der Waals surface area contributed by atoms with Gasteiger partial charge in [0.25, 0.3) is 0 Å². The van der Waals surface area contributed by atoms with Crippen molar-refractivity contribution in [3.8, 4) is 0 Å². The molecule has 1 aliphatic heterocycles. The highest BCUT2D eigenvalue weighted by Crippen LogP contribution is 2.39. The van der Waals surface area contributed by atoms with E-state index in [1.807, 2.05) is 27.7 Å². The van der Waals surface area contributed by atoms with Gasteiger partial charge in [0.15, 0.2) is 0 Å². The maximum Gasteiger partial charge on any atom is 0.480 e. The molecule has 3 nitrogen and oxygen atoms in total. The van der Waals surface area contributed by atoms with Crippen molar-refractivity contribution in [3.05, 3.63) is 35.4 Å². The summed E-state index contributed by atoms with van der Waals surface area (Å²) < 4.78 is 49.2. The van der Waals surface area contributed by atoms with Gasteiger partial charge in [0.2, 0.25) is 0 Å². The molecule has 0 amide bonds. The van der Waals surface area contributed by atoms with Crippen LogP contribution in [0.5, 0.6) is 0 Å². The van der Waals surface area contributed by atoms with Gasteiger partial charge < -0.3 is 15.0 Å². The SMILES string of the molecule is CC1(C)OB([C@@H](N)c2ccc(C(F)(F)F)cc2)OC1(C)C. The standard InChI is InChI=1S/C14H19BF3NO2/c1-12(2)13(3,4)21-15(20-12)11(19)9-5-7-10(8-6-9)14(16,17)18/h5-8,11H,19H2,1-4H3/t11-/m0/s1. The van der Waals surface area contributed by atoms with E-state index in [2.05, 4.69) is 0 Å². The van der Waals surface area contributed by atoms with E-state index in [1.54, 1.807) is 0 Å². The van der Waals surface area contributed by atoms with Crippen LogP contribution in [0.3, 0.4) is 0 Å². The van der Waals surface area contributed by atoms with Crippen LogP contribution < -0.4 is 5.73 Å². The Kier molecular flexibility index (Phi) is 3.89. The minimum absolute atomic E-state index is 0.527. The molecule has 0 unspecified atom stereocenters. The number of benzene rings is 1. The molecule has 21 heavy (non-hydrogen) atoms. The van der Waals surface area contributed by atoms with Gasteiger partial charge in [0.1, 0.15) is 0 Å². The molecule has 0 aromatic heterocycles. The molecule has 0 saturated carbocycles. The fraction of sp³-hybridized carbons (Fsp3) is 0.571. The third kappa shape index (κ3) is 3.10. The summed E-state index contributed by atoms with van der Waals surface area (Å²) in [5.74, 6) is -0.645. The van der Waals surface area contributed by atoms with Crippen LogP contribution in [0.15, 0.2) is 24.3 Å². The molecule has 0 spiro atoms. The van der Waals surface area contributed by atoms with Crippen molar-refractivity contribution in [3.63, 3.8) is 0 Å². The van der Waals surface area contributed by atoms with Crippen LogP contribution in [0.1, 0.15) is 44.8 Å². The number of alkyl halides is 3. The highest BCUT2D eigenvalue weighted by molar-refractivity contribution is 6.47. The lowest BCUT2D eigenvalue weighted by molar-refractivity contribution is -0.137. The Bertz CT molecular complexity index is 498. The van der Waals surface area contributed by atoms with Crippen molar-refractivity contribution >= 4 is 7.12 Å². The number of hydrogen-bond donors (Lipinski definition) is 1. The van der Waals surface area contributed by atoms with Crippen LogP contribution in [-0.4, -0.2) is 18.3 Å². The van der Waals surface area contributed by atoms with E-state index in [0.717, 1.165) is 12.1 Å². The van der Waals surface area contributed by atoms with E-state index in [1.165, 1.54) is 12.1 Å². The summed E-state index contributed by atoms with van der Waals surface area (Å²) in [6, 6.07) is 4.75. The minimum Gasteiger partial charge on any atom is -0.402 e. The van der Waals surface area contributed by atoms with E-state index in [4.69, 9.17) is 15.0 Å². The fourth-order valence-electron chi connectivity index (χ4n) is 2.09. The zero-order valence-corrected chi connectivity index (χ0v) is 12.5. The topological polar surface area (TPSA) is 44.5 Å². The van der Waals surface area contributed by atoms with Gasteiger partial charge in [-0.15, -0.1) is 0 Å². The first-order valence-electron chi connectivity index (χ1n) is 6.72. The first-order valence-corrected chi connectivity index (χ1v) is 6.72. The van der Waals surface area contributed by atoms with E-state index < -0.39 is 36.0 Å². The quantitative estimate of drug-likeness (QED) is 0.852. The van der Waals surface area contributed by atoms with E-state index in [9.17, 15) is 13.2 Å². The van der Waals surface area contributed by atoms with Crippen molar-refractivity contribution < 1.29 is 22.5 Å². The summed E-state index contributed by atoms with van der Waals surface area (Å²) in [4.78, 5) is 0. The summed E-state index contributed by atoms with van der Waals surface area (Å²) in [7, 11) is -0.688. The third-order valence-corrected chi connectivity index (χ3v) is 4.19. The molecular weight excluding hydrogens is 282 g/mol. The zero-order valence-electron chi connectivity index (χ0n) is 12.5. The molecule has 1 fully saturated rings. The molecule has 116 valence electrons. The predicted octanol–water partition coefficient (Wildman–Crippen LogP) is 3.34. The van der Waals surface area contributed by atoms with E-state index >= 15 is 0 Å². The lowest BCUT2D eigenvalue weighted by atomic mass is 9.75. The van der Waals surface area contributed by atoms with Crippen LogP contribution in [0.25, 0.3) is 0 Å². The molecule has 1 heterocycles. The van der Waals surface area contributed by atoms with Crippen molar-refractivity contribution in [1.82, 2.24) is 0 Å². The second-order valence-corrected chi connectivity index (χ2v) is 6.27. The van der Waals surface area contributed by atoms with Gasteiger partial charge >= 0.3 is 13.3 Å². The second kappa shape index (κ2) is 5.00. The van der Waals surface area contributed by atoms with Gasteiger partial charge in [0, 0.05) is 0 Å². The van der Waals surface area contributed by atoms with Crippen molar-refractivity contribution in [2.45, 2.75) is 51.0 Å². The molecule has 0 aliphatic carbocycles. The Morgan fingerprint density at radius 1 is 1.00 bits per heavy atom. The molecule has 2 rings (SSSR count). The van der Waals surface area contributed by atoms with E-state index in [0.29, 0.717) is 5.56 Å². The van der Waals surface area contributed by atoms with Gasteiger partial charge in [-0.1, -0.05) is 12.1 Å². The number of nitrogens with two attached hydrogens (primary N) is 1. The van der Waals surface area contributed by atoms with Gasteiger partial charge in [-0.05, 0) is 45.4 Å². The largest absolute Gasteiger partial charge is 0.480 e. The average Bonchev–Trinajstić information content (AvgIpc) is 2.57. The van der Waals surface area contributed by atoms with Crippen LogP contribution in [-0.2, 0) is 15.5 Å². The fourth-order valence-corrected chi connectivity index (χ4v) is 2.09. The summed E-state index contributed by atoms with van der Waals surface area (Å²) >= 11 is 0. The lowest BCUT2D eigenvalue weighted by Crippen LogP contribution is -2.41. The molecule has 0 radical (unpaired) electrons. The molecule has 1 saturated heterocycles. The Morgan fingerprint density at radius 3 is 1.81 bits per heavy atom. The lowest BCUT2D eigenvalue weighted by Gasteiger charge is -2.32. The number of rotatable bonds is 2. The highest BCUT2D eigenvalue weighted by atomic mass is 19.4. The molecule has 0 bridgehead atoms. The summed E-state index contributed by atoms with van der Waals surface area (Å²) in [5, 5.41) is 0. The Labute approximate surface area is 122 Å². The zero-order chi connectivity index (χ0) is 16.1. The molecule has 7 heteroatoms. The monoisotopic (exact) mass is 301 g/mol. The highest BCUT2D eigenvalue weighted by Gasteiger charge is 2.53. The predicted molar refractivity (Wildman–Crippen MR) is 74.5 cm³/mol. The normalized spacial score (nSPS) is 22.4. The third-order valence-electron chi connectivity index (χ3n) is 4.19. The Balaban J connectivity index is 2.17. The second-order valence-electron chi connectivity index (χ2n) is 6.27. The molecule has 1 aromatic carbocycles. The summed E-state index contributed by atoms with van der Waals surface area (Å²) in [6.45, 7) is 7.58. The summed E-state index contributed by atoms with van der Waals surface area (Å²) in [5.41, 5.74) is 4.86. The first-order chi connectivity index (χ1) is 9.44. The van der Waals surface area contributed by atoms with Crippen LogP contribution >= 0.6 is 0 Å². The molecule has 1 aromatic rings.